The van der Waals surface area contributed by atoms with Crippen LogP contribution in [0.3, 0.4) is 0 Å². The van der Waals surface area contributed by atoms with Crippen LogP contribution in [-0.4, -0.2) is 20.1 Å². The maximum absolute atomic E-state index is 6.33. The molecule has 1 aromatic rings. The zero-order valence-corrected chi connectivity index (χ0v) is 13.9. The average molecular weight is 295 g/mol. The lowest BCUT2D eigenvalue weighted by Gasteiger charge is -2.33. The first-order valence-electron chi connectivity index (χ1n) is 7.71. The molecule has 1 aliphatic rings. The molecular weight excluding hydrogens is 268 g/mol. The molecule has 0 aromatic heterocycles. The summed E-state index contributed by atoms with van der Waals surface area (Å²) in [6.45, 7) is 4.69. The number of benzene rings is 1. The van der Waals surface area contributed by atoms with E-state index in [0.717, 1.165) is 28.2 Å². The second kappa shape index (κ2) is 6.71. The maximum Gasteiger partial charge on any atom is 0.0786 e. The molecule has 1 N–H and O–H groups in total. The van der Waals surface area contributed by atoms with Crippen LogP contribution < -0.4 is 10.2 Å². The van der Waals surface area contributed by atoms with Gasteiger partial charge in [0.25, 0.3) is 0 Å². The fourth-order valence-corrected chi connectivity index (χ4v) is 3.58. The van der Waals surface area contributed by atoms with Crippen LogP contribution in [0.4, 0.5) is 11.4 Å². The van der Waals surface area contributed by atoms with Crippen LogP contribution in [0.5, 0.6) is 0 Å². The second-order valence-electron chi connectivity index (χ2n) is 6.53. The van der Waals surface area contributed by atoms with Gasteiger partial charge in [-0.1, -0.05) is 31.5 Å². The Hall–Kier alpha value is -0.890. The molecule has 0 spiro atoms. The van der Waals surface area contributed by atoms with E-state index in [1.807, 2.05) is 26.2 Å². The number of nitrogens with one attached hydrogen (secondary N) is 1. The normalized spacial score (nSPS) is 22.9. The minimum absolute atomic E-state index is 0.585. The van der Waals surface area contributed by atoms with Crippen molar-refractivity contribution in [1.29, 1.82) is 0 Å². The summed E-state index contributed by atoms with van der Waals surface area (Å²) in [6, 6.07) is 6.70. The third kappa shape index (κ3) is 3.60. The lowest BCUT2D eigenvalue weighted by atomic mass is 9.79. The first-order chi connectivity index (χ1) is 9.49. The van der Waals surface area contributed by atoms with Crippen molar-refractivity contribution in [3.63, 3.8) is 0 Å². The fraction of sp³-hybridized carbons (Fsp3) is 0.647. The summed E-state index contributed by atoms with van der Waals surface area (Å²) in [5, 5.41) is 4.52. The van der Waals surface area contributed by atoms with Gasteiger partial charge in [0.1, 0.15) is 0 Å². The van der Waals surface area contributed by atoms with Crippen LogP contribution in [0.25, 0.3) is 0 Å². The van der Waals surface area contributed by atoms with E-state index < -0.39 is 0 Å². The van der Waals surface area contributed by atoms with E-state index in [1.165, 1.54) is 25.7 Å². The smallest absolute Gasteiger partial charge is 0.0786 e. The molecule has 0 radical (unpaired) electrons. The van der Waals surface area contributed by atoms with Crippen molar-refractivity contribution in [2.75, 3.05) is 24.3 Å². The molecule has 2 rings (SSSR count). The Morgan fingerprint density at radius 1 is 1.15 bits per heavy atom. The van der Waals surface area contributed by atoms with Crippen LogP contribution in [0, 0.1) is 11.8 Å². The second-order valence-corrected chi connectivity index (χ2v) is 6.94. The zero-order valence-electron chi connectivity index (χ0n) is 13.1. The third-order valence-corrected chi connectivity index (χ3v) is 4.81. The monoisotopic (exact) mass is 294 g/mol. The van der Waals surface area contributed by atoms with Gasteiger partial charge in [0, 0.05) is 20.1 Å². The van der Waals surface area contributed by atoms with E-state index >= 15 is 0 Å². The lowest BCUT2D eigenvalue weighted by molar-refractivity contribution is 0.267. The molecule has 0 amide bonds. The highest BCUT2D eigenvalue weighted by molar-refractivity contribution is 6.34. The first-order valence-corrected chi connectivity index (χ1v) is 8.09. The fourth-order valence-electron chi connectivity index (χ4n) is 3.24. The van der Waals surface area contributed by atoms with Gasteiger partial charge < -0.3 is 10.2 Å². The summed E-state index contributed by atoms with van der Waals surface area (Å²) in [5.41, 5.74) is 2.26. The molecule has 1 aromatic carbocycles. The molecule has 0 saturated heterocycles. The van der Waals surface area contributed by atoms with Crippen molar-refractivity contribution in [3.05, 3.63) is 23.2 Å². The molecule has 1 fully saturated rings. The van der Waals surface area contributed by atoms with Crippen LogP contribution in [0.15, 0.2) is 18.2 Å². The molecule has 0 unspecified atom stereocenters. The standard InChI is InChI=1S/C17H27ClN2/c1-12(2)13-8-10-14(11-9-13)19-16-7-5-6-15(18)17(16)20(3)4/h5-7,12-14,19H,8-11H2,1-4H3. The van der Waals surface area contributed by atoms with Crippen LogP contribution in [0.2, 0.25) is 5.02 Å². The van der Waals surface area contributed by atoms with Gasteiger partial charge in [0.2, 0.25) is 0 Å². The summed E-state index contributed by atoms with van der Waals surface area (Å²) in [5.74, 6) is 1.72. The van der Waals surface area contributed by atoms with Gasteiger partial charge >= 0.3 is 0 Å². The van der Waals surface area contributed by atoms with E-state index in [0.29, 0.717) is 6.04 Å². The van der Waals surface area contributed by atoms with Gasteiger partial charge in [0.15, 0.2) is 0 Å². The van der Waals surface area contributed by atoms with Crippen LogP contribution in [-0.2, 0) is 0 Å². The SMILES string of the molecule is CC(C)C1CCC(Nc2cccc(Cl)c2N(C)C)CC1. The predicted octanol–water partition coefficient (Wildman–Crippen LogP) is 5.03. The quantitative estimate of drug-likeness (QED) is 0.837. The minimum Gasteiger partial charge on any atom is -0.381 e. The third-order valence-electron chi connectivity index (χ3n) is 4.51. The summed E-state index contributed by atoms with van der Waals surface area (Å²) in [7, 11) is 4.09. The number of para-hydroxylation sites is 1. The topological polar surface area (TPSA) is 15.3 Å². The highest BCUT2D eigenvalue weighted by atomic mass is 35.5. The average Bonchev–Trinajstić information content (AvgIpc) is 2.39. The molecule has 2 nitrogen and oxygen atoms in total. The molecule has 3 heteroatoms. The van der Waals surface area contributed by atoms with Crippen LogP contribution >= 0.6 is 11.6 Å². The Labute approximate surface area is 128 Å². The number of hydrogen-bond acceptors (Lipinski definition) is 2. The van der Waals surface area contributed by atoms with Gasteiger partial charge in [0.05, 0.1) is 16.4 Å². The van der Waals surface area contributed by atoms with E-state index in [-0.39, 0.29) is 0 Å². The van der Waals surface area contributed by atoms with Crippen molar-refractivity contribution in [3.8, 4) is 0 Å². The lowest BCUT2D eigenvalue weighted by Crippen LogP contribution is -2.28. The zero-order chi connectivity index (χ0) is 14.7. The Morgan fingerprint density at radius 2 is 1.80 bits per heavy atom. The van der Waals surface area contributed by atoms with Crippen molar-refractivity contribution >= 4 is 23.0 Å². The highest BCUT2D eigenvalue weighted by Gasteiger charge is 2.23. The Balaban J connectivity index is 2.03. The Kier molecular flexibility index (Phi) is 5.20. The van der Waals surface area contributed by atoms with E-state index in [1.54, 1.807) is 0 Å². The summed E-state index contributed by atoms with van der Waals surface area (Å²) in [6.07, 6.45) is 5.21. The minimum atomic E-state index is 0.585. The van der Waals surface area contributed by atoms with Crippen LogP contribution in [0.1, 0.15) is 39.5 Å². The van der Waals surface area contributed by atoms with Crippen molar-refractivity contribution in [2.45, 2.75) is 45.6 Å². The largest absolute Gasteiger partial charge is 0.381 e. The number of nitrogens with zero attached hydrogens (tertiary/aromatic N) is 1. The van der Waals surface area contributed by atoms with E-state index in [2.05, 4.69) is 30.1 Å². The Morgan fingerprint density at radius 3 is 2.35 bits per heavy atom. The van der Waals surface area contributed by atoms with E-state index in [9.17, 15) is 0 Å². The molecule has 112 valence electrons. The van der Waals surface area contributed by atoms with Gasteiger partial charge in [-0.3, -0.25) is 0 Å². The summed E-state index contributed by atoms with van der Waals surface area (Å²) in [4.78, 5) is 2.09. The van der Waals surface area contributed by atoms with Gasteiger partial charge in [-0.2, -0.15) is 0 Å². The molecule has 0 atom stereocenters. The van der Waals surface area contributed by atoms with Crippen molar-refractivity contribution in [1.82, 2.24) is 0 Å². The first kappa shape index (κ1) is 15.5. The van der Waals surface area contributed by atoms with Gasteiger partial charge in [-0.15, -0.1) is 0 Å². The molecular formula is C17H27ClN2. The molecule has 20 heavy (non-hydrogen) atoms. The van der Waals surface area contributed by atoms with Gasteiger partial charge in [-0.25, -0.2) is 0 Å². The summed E-state index contributed by atoms with van der Waals surface area (Å²) >= 11 is 6.33. The molecule has 1 saturated carbocycles. The number of halogens is 1. The van der Waals surface area contributed by atoms with Gasteiger partial charge in [-0.05, 0) is 49.7 Å². The number of anilines is 2. The van der Waals surface area contributed by atoms with Crippen molar-refractivity contribution in [2.24, 2.45) is 11.8 Å². The molecule has 1 aliphatic carbocycles. The van der Waals surface area contributed by atoms with E-state index in [4.69, 9.17) is 11.6 Å². The summed E-state index contributed by atoms with van der Waals surface area (Å²) < 4.78 is 0. The Bertz CT molecular complexity index is 435. The number of hydrogen-bond donors (Lipinski definition) is 1. The van der Waals surface area contributed by atoms with Crippen molar-refractivity contribution < 1.29 is 0 Å². The molecule has 0 bridgehead atoms. The predicted molar refractivity (Wildman–Crippen MR) is 90.0 cm³/mol. The highest BCUT2D eigenvalue weighted by Crippen LogP contribution is 2.36. The maximum atomic E-state index is 6.33. The number of rotatable bonds is 4. The molecule has 0 aliphatic heterocycles. The molecule has 0 heterocycles.